The predicted octanol–water partition coefficient (Wildman–Crippen LogP) is 3.11. The number of fused-ring (bicyclic) bond motifs is 1. The smallest absolute Gasteiger partial charge is 0.381 e. The largest absolute Gasteiger partial charge is 0.392 e. The Labute approximate surface area is 148 Å². The van der Waals surface area contributed by atoms with Crippen molar-refractivity contribution in [3.8, 4) is 0 Å². The molecule has 2 saturated heterocycles. The van der Waals surface area contributed by atoms with Crippen molar-refractivity contribution in [3.63, 3.8) is 0 Å². The van der Waals surface area contributed by atoms with E-state index >= 15 is 0 Å². The number of aromatic nitrogens is 2. The summed E-state index contributed by atoms with van der Waals surface area (Å²) in [6.45, 7) is 1.11. The van der Waals surface area contributed by atoms with Crippen molar-refractivity contribution in [2.45, 2.75) is 25.4 Å². The zero-order valence-corrected chi connectivity index (χ0v) is 14.2. The summed E-state index contributed by atoms with van der Waals surface area (Å²) < 4.78 is 46.2. The van der Waals surface area contributed by atoms with E-state index in [2.05, 4.69) is 9.97 Å². The molecule has 2 aliphatic heterocycles. The van der Waals surface area contributed by atoms with Gasteiger partial charge in [0.25, 0.3) is 5.56 Å². The number of benzene rings is 1. The average Bonchev–Trinajstić information content (AvgIpc) is 2.61. The van der Waals surface area contributed by atoms with Crippen molar-refractivity contribution >= 4 is 16.9 Å². The van der Waals surface area contributed by atoms with Crippen LogP contribution in [-0.4, -0.2) is 42.4 Å². The van der Waals surface area contributed by atoms with Gasteiger partial charge in [-0.3, -0.25) is 9.78 Å². The lowest BCUT2D eigenvalue weighted by Gasteiger charge is -2.50. The zero-order chi connectivity index (χ0) is 18.4. The minimum Gasteiger partial charge on any atom is -0.381 e. The molecule has 8 heteroatoms. The summed E-state index contributed by atoms with van der Waals surface area (Å²) in [5, 5.41) is 0.474. The predicted molar refractivity (Wildman–Crippen MR) is 91.2 cm³/mol. The van der Waals surface area contributed by atoms with Crippen molar-refractivity contribution in [1.29, 1.82) is 0 Å². The molecule has 5 nitrogen and oxygen atoms in total. The summed E-state index contributed by atoms with van der Waals surface area (Å²) in [6, 6.07) is 6.96. The Morgan fingerprint density at radius 3 is 2.69 bits per heavy atom. The number of nitrogens with zero attached hydrogens (tertiary/aromatic N) is 2. The van der Waals surface area contributed by atoms with Crippen LogP contribution in [0.1, 0.15) is 19.3 Å². The maximum atomic E-state index is 13.6. The SMILES string of the molecule is O=c1[nH]c(N2CC[C@@H](C(F)(F)F)C3(CCOCC3)C2)nc2ccccc12. The molecule has 0 unspecified atom stereocenters. The molecule has 140 valence electrons. The standard InChI is InChI=1S/C18H20F3N3O2/c19-18(20,21)14-5-8-24(11-17(14)6-9-26-10-7-17)16-22-13-4-2-1-3-12(13)15(25)23-16/h1-4,14H,5-11H2,(H,22,23,25)/t14-/m1/s1. The fourth-order valence-electron chi connectivity index (χ4n) is 4.36. The van der Waals surface area contributed by atoms with Crippen LogP contribution in [0, 0.1) is 11.3 Å². The van der Waals surface area contributed by atoms with Crippen molar-refractivity contribution in [1.82, 2.24) is 9.97 Å². The molecule has 0 amide bonds. The van der Waals surface area contributed by atoms with Gasteiger partial charge in [0.2, 0.25) is 5.95 Å². The number of hydrogen-bond donors (Lipinski definition) is 1. The second-order valence-electron chi connectivity index (χ2n) is 7.19. The van der Waals surface area contributed by atoms with Gasteiger partial charge in [-0.2, -0.15) is 13.2 Å². The molecule has 1 atom stereocenters. The second-order valence-corrected chi connectivity index (χ2v) is 7.19. The van der Waals surface area contributed by atoms with Gasteiger partial charge >= 0.3 is 6.18 Å². The summed E-state index contributed by atoms with van der Waals surface area (Å²) in [5.74, 6) is -0.998. The highest BCUT2D eigenvalue weighted by molar-refractivity contribution is 5.78. The Morgan fingerprint density at radius 2 is 1.96 bits per heavy atom. The summed E-state index contributed by atoms with van der Waals surface area (Å²) in [7, 11) is 0. The third kappa shape index (κ3) is 2.96. The van der Waals surface area contributed by atoms with E-state index in [0.29, 0.717) is 42.9 Å². The van der Waals surface area contributed by atoms with Crippen LogP contribution in [0.4, 0.5) is 19.1 Å². The molecule has 2 aliphatic rings. The maximum absolute atomic E-state index is 13.6. The minimum absolute atomic E-state index is 0.0000370. The summed E-state index contributed by atoms with van der Waals surface area (Å²) in [5.41, 5.74) is -0.617. The molecule has 0 radical (unpaired) electrons. The average molecular weight is 367 g/mol. The Balaban J connectivity index is 1.70. The highest BCUT2D eigenvalue weighted by atomic mass is 19.4. The number of anilines is 1. The van der Waals surface area contributed by atoms with Crippen LogP contribution >= 0.6 is 0 Å². The molecular weight excluding hydrogens is 347 g/mol. The quantitative estimate of drug-likeness (QED) is 0.842. The van der Waals surface area contributed by atoms with Gasteiger partial charge in [-0.15, -0.1) is 0 Å². The van der Waals surface area contributed by atoms with Gasteiger partial charge in [-0.25, -0.2) is 4.98 Å². The first-order valence-corrected chi connectivity index (χ1v) is 8.78. The number of halogens is 3. The van der Waals surface area contributed by atoms with Crippen LogP contribution in [0.15, 0.2) is 29.1 Å². The number of aromatic amines is 1. The van der Waals surface area contributed by atoms with Crippen LogP contribution < -0.4 is 10.5 Å². The van der Waals surface area contributed by atoms with Gasteiger partial charge in [0.1, 0.15) is 0 Å². The van der Waals surface area contributed by atoms with E-state index in [1.165, 1.54) is 0 Å². The van der Waals surface area contributed by atoms with Crippen molar-refractivity contribution in [3.05, 3.63) is 34.6 Å². The van der Waals surface area contributed by atoms with Crippen LogP contribution in [0.5, 0.6) is 0 Å². The van der Waals surface area contributed by atoms with Gasteiger partial charge in [0, 0.05) is 31.7 Å². The van der Waals surface area contributed by atoms with E-state index in [0.717, 1.165) is 0 Å². The lowest BCUT2D eigenvalue weighted by atomic mass is 9.66. The third-order valence-electron chi connectivity index (χ3n) is 5.72. The van der Waals surface area contributed by atoms with Gasteiger partial charge in [0.15, 0.2) is 0 Å². The second kappa shape index (κ2) is 6.26. The number of H-pyrrole nitrogens is 1. The molecular formula is C18H20F3N3O2. The van der Waals surface area contributed by atoms with Crippen LogP contribution in [0.25, 0.3) is 10.9 Å². The molecule has 2 fully saturated rings. The van der Waals surface area contributed by atoms with Crippen LogP contribution in [0.3, 0.4) is 0 Å². The summed E-state index contributed by atoms with van der Waals surface area (Å²) in [6.07, 6.45) is -3.50. The number of nitrogens with one attached hydrogen (secondary N) is 1. The third-order valence-corrected chi connectivity index (χ3v) is 5.72. The molecule has 0 saturated carbocycles. The normalized spacial score (nSPS) is 23.5. The molecule has 1 aromatic heterocycles. The fourth-order valence-corrected chi connectivity index (χ4v) is 4.36. The van der Waals surface area contributed by atoms with Crippen molar-refractivity contribution in [2.24, 2.45) is 11.3 Å². The number of alkyl halides is 3. The monoisotopic (exact) mass is 367 g/mol. The van der Waals surface area contributed by atoms with E-state index in [9.17, 15) is 18.0 Å². The molecule has 2 aromatic rings. The number of ether oxygens (including phenoxy) is 1. The Bertz CT molecular complexity index is 859. The van der Waals surface area contributed by atoms with Crippen molar-refractivity contribution < 1.29 is 17.9 Å². The fraction of sp³-hybridized carbons (Fsp3) is 0.556. The first-order chi connectivity index (χ1) is 12.4. The molecule has 0 aliphatic carbocycles. The summed E-state index contributed by atoms with van der Waals surface area (Å²) >= 11 is 0. The van der Waals surface area contributed by atoms with Gasteiger partial charge in [-0.05, 0) is 31.4 Å². The maximum Gasteiger partial charge on any atom is 0.392 e. The van der Waals surface area contributed by atoms with E-state index in [4.69, 9.17) is 4.74 Å². The lowest BCUT2D eigenvalue weighted by molar-refractivity contribution is -0.223. The van der Waals surface area contributed by atoms with Crippen LogP contribution in [-0.2, 0) is 4.74 Å². The first-order valence-electron chi connectivity index (χ1n) is 8.78. The van der Waals surface area contributed by atoms with Gasteiger partial charge < -0.3 is 9.64 Å². The minimum atomic E-state index is -4.23. The number of piperidine rings is 1. The molecule has 3 heterocycles. The van der Waals surface area contributed by atoms with Gasteiger partial charge in [0.05, 0.1) is 16.8 Å². The number of rotatable bonds is 1. The van der Waals surface area contributed by atoms with E-state index in [-0.39, 0.29) is 25.1 Å². The topological polar surface area (TPSA) is 58.2 Å². The molecule has 1 spiro atoms. The Kier molecular flexibility index (Phi) is 4.17. The molecule has 26 heavy (non-hydrogen) atoms. The first kappa shape index (κ1) is 17.3. The molecule has 1 aromatic carbocycles. The zero-order valence-electron chi connectivity index (χ0n) is 14.2. The van der Waals surface area contributed by atoms with Crippen LogP contribution in [0.2, 0.25) is 0 Å². The lowest BCUT2D eigenvalue weighted by Crippen LogP contribution is -2.56. The molecule has 1 N–H and O–H groups in total. The Morgan fingerprint density at radius 1 is 1.23 bits per heavy atom. The Hall–Kier alpha value is -2.09. The van der Waals surface area contributed by atoms with E-state index in [1.54, 1.807) is 29.2 Å². The summed E-state index contributed by atoms with van der Waals surface area (Å²) in [4.78, 5) is 21.3. The van der Waals surface area contributed by atoms with Crippen molar-refractivity contribution in [2.75, 3.05) is 31.2 Å². The van der Waals surface area contributed by atoms with Gasteiger partial charge in [-0.1, -0.05) is 12.1 Å². The number of hydrogen-bond acceptors (Lipinski definition) is 4. The molecule has 0 bridgehead atoms. The van der Waals surface area contributed by atoms with E-state index < -0.39 is 17.5 Å². The van der Waals surface area contributed by atoms with E-state index in [1.807, 2.05) is 0 Å². The highest BCUT2D eigenvalue weighted by Crippen LogP contribution is 2.51. The molecule has 4 rings (SSSR count). The highest BCUT2D eigenvalue weighted by Gasteiger charge is 2.56. The number of para-hydroxylation sites is 1.